The largest absolute Gasteiger partial charge is 0.394 e. The Labute approximate surface area is 120 Å². The van der Waals surface area contributed by atoms with Gasteiger partial charge in [0.05, 0.1) is 12.6 Å². The second-order valence-corrected chi connectivity index (χ2v) is 5.80. The van der Waals surface area contributed by atoms with E-state index in [1.807, 2.05) is 13.0 Å². The number of likely N-dealkylation sites (N-methyl/N-ethyl adjacent to an activating group) is 1. The van der Waals surface area contributed by atoms with Crippen molar-refractivity contribution in [1.29, 1.82) is 0 Å². The van der Waals surface area contributed by atoms with Gasteiger partial charge in [-0.05, 0) is 25.3 Å². The first-order valence-electron chi connectivity index (χ1n) is 7.26. The molecule has 2 N–H and O–H groups in total. The fraction of sp³-hybridized carbons (Fsp3) is 0.562. The lowest BCUT2D eigenvalue weighted by molar-refractivity contribution is 0.151. The van der Waals surface area contributed by atoms with Gasteiger partial charge in [-0.2, -0.15) is 0 Å². The SMILES string of the molecule is CC(CO)N(C)C(=O)NCC1(c2ccccc2)CCC1. The van der Waals surface area contributed by atoms with Crippen molar-refractivity contribution in [1.82, 2.24) is 10.2 Å². The summed E-state index contributed by atoms with van der Waals surface area (Å²) in [6.07, 6.45) is 3.46. The topological polar surface area (TPSA) is 52.6 Å². The van der Waals surface area contributed by atoms with Gasteiger partial charge in [0, 0.05) is 19.0 Å². The fourth-order valence-corrected chi connectivity index (χ4v) is 2.65. The van der Waals surface area contributed by atoms with E-state index in [1.54, 1.807) is 11.9 Å². The first kappa shape index (κ1) is 14.9. The molecule has 1 fully saturated rings. The molecule has 0 aromatic heterocycles. The molecule has 4 nitrogen and oxygen atoms in total. The van der Waals surface area contributed by atoms with Crippen molar-refractivity contribution in [3.63, 3.8) is 0 Å². The normalized spacial score (nSPS) is 17.9. The number of carbonyl (C=O) groups is 1. The molecule has 1 aromatic rings. The Balaban J connectivity index is 1.97. The van der Waals surface area contributed by atoms with Gasteiger partial charge in [-0.15, -0.1) is 0 Å². The Hall–Kier alpha value is -1.55. The number of nitrogens with zero attached hydrogens (tertiary/aromatic N) is 1. The zero-order valence-corrected chi connectivity index (χ0v) is 12.3. The highest BCUT2D eigenvalue weighted by atomic mass is 16.3. The van der Waals surface area contributed by atoms with Crippen LogP contribution < -0.4 is 5.32 Å². The highest BCUT2D eigenvalue weighted by Gasteiger charge is 2.38. The third kappa shape index (κ3) is 2.96. The summed E-state index contributed by atoms with van der Waals surface area (Å²) in [5, 5.41) is 12.1. The standard InChI is InChI=1S/C16H24N2O2/c1-13(11-19)18(2)15(20)17-12-16(9-6-10-16)14-7-4-3-5-8-14/h3-5,7-8,13,19H,6,9-12H2,1-2H3,(H,17,20). The molecule has 1 aliphatic rings. The number of aliphatic hydroxyl groups excluding tert-OH is 1. The van der Waals surface area contributed by atoms with E-state index < -0.39 is 0 Å². The maximum Gasteiger partial charge on any atom is 0.317 e. The molecule has 20 heavy (non-hydrogen) atoms. The number of aliphatic hydroxyl groups is 1. The molecule has 2 amide bonds. The first-order chi connectivity index (χ1) is 9.59. The van der Waals surface area contributed by atoms with Crippen molar-refractivity contribution < 1.29 is 9.90 Å². The van der Waals surface area contributed by atoms with Gasteiger partial charge in [0.15, 0.2) is 0 Å². The van der Waals surface area contributed by atoms with Crippen LogP contribution in [0.3, 0.4) is 0 Å². The van der Waals surface area contributed by atoms with Crippen molar-refractivity contribution in [2.75, 3.05) is 20.2 Å². The number of nitrogens with one attached hydrogen (secondary N) is 1. The zero-order valence-electron chi connectivity index (χ0n) is 12.3. The molecule has 0 spiro atoms. The lowest BCUT2D eigenvalue weighted by atomic mass is 9.64. The number of rotatable bonds is 5. The highest BCUT2D eigenvalue weighted by Crippen LogP contribution is 2.43. The molecule has 0 bridgehead atoms. The first-order valence-corrected chi connectivity index (χ1v) is 7.26. The number of hydrogen-bond donors (Lipinski definition) is 2. The third-order valence-corrected chi connectivity index (χ3v) is 4.52. The number of carbonyl (C=O) groups excluding carboxylic acids is 1. The molecule has 1 aliphatic carbocycles. The van der Waals surface area contributed by atoms with Crippen LogP contribution in [0.5, 0.6) is 0 Å². The molecule has 1 aromatic carbocycles. The predicted octanol–water partition coefficient (Wildman–Crippen LogP) is 2.13. The monoisotopic (exact) mass is 276 g/mol. The molecule has 1 saturated carbocycles. The van der Waals surface area contributed by atoms with E-state index >= 15 is 0 Å². The zero-order chi connectivity index (χ0) is 14.6. The van der Waals surface area contributed by atoms with Gasteiger partial charge in [0.2, 0.25) is 0 Å². The Morgan fingerprint density at radius 2 is 2.05 bits per heavy atom. The summed E-state index contributed by atoms with van der Waals surface area (Å²) in [6.45, 7) is 2.47. The van der Waals surface area contributed by atoms with E-state index in [0.29, 0.717) is 6.54 Å². The van der Waals surface area contributed by atoms with E-state index in [-0.39, 0.29) is 24.1 Å². The predicted molar refractivity (Wildman–Crippen MR) is 79.7 cm³/mol. The van der Waals surface area contributed by atoms with Crippen LogP contribution in [0.1, 0.15) is 31.7 Å². The van der Waals surface area contributed by atoms with Gasteiger partial charge in [0.25, 0.3) is 0 Å². The molecular weight excluding hydrogens is 252 g/mol. The average Bonchev–Trinajstić information content (AvgIpc) is 2.45. The Kier molecular flexibility index (Phi) is 4.65. The van der Waals surface area contributed by atoms with Gasteiger partial charge in [-0.25, -0.2) is 4.79 Å². The van der Waals surface area contributed by atoms with Crippen LogP contribution in [-0.2, 0) is 5.41 Å². The van der Waals surface area contributed by atoms with E-state index in [1.165, 1.54) is 12.0 Å². The van der Waals surface area contributed by atoms with Gasteiger partial charge < -0.3 is 15.3 Å². The number of amides is 2. The molecule has 1 atom stereocenters. The van der Waals surface area contributed by atoms with E-state index in [2.05, 4.69) is 29.6 Å². The molecule has 0 heterocycles. The van der Waals surface area contributed by atoms with Crippen LogP contribution in [-0.4, -0.2) is 42.3 Å². The molecule has 110 valence electrons. The minimum absolute atomic E-state index is 0.0201. The maximum absolute atomic E-state index is 12.1. The summed E-state index contributed by atoms with van der Waals surface area (Å²) in [5.74, 6) is 0. The molecular formula is C16H24N2O2. The maximum atomic E-state index is 12.1. The minimum Gasteiger partial charge on any atom is -0.394 e. The number of urea groups is 1. The molecule has 0 aliphatic heterocycles. The highest BCUT2D eigenvalue weighted by molar-refractivity contribution is 5.74. The van der Waals surface area contributed by atoms with Gasteiger partial charge >= 0.3 is 6.03 Å². The number of benzene rings is 1. The van der Waals surface area contributed by atoms with Crippen molar-refractivity contribution >= 4 is 6.03 Å². The molecule has 1 unspecified atom stereocenters. The fourth-order valence-electron chi connectivity index (χ4n) is 2.65. The van der Waals surface area contributed by atoms with Crippen molar-refractivity contribution in [2.24, 2.45) is 0 Å². The van der Waals surface area contributed by atoms with E-state index in [9.17, 15) is 4.79 Å². The second-order valence-electron chi connectivity index (χ2n) is 5.80. The molecule has 4 heteroatoms. The number of hydrogen-bond acceptors (Lipinski definition) is 2. The second kappa shape index (κ2) is 6.27. The summed E-state index contributed by atoms with van der Waals surface area (Å²) in [7, 11) is 1.71. The summed E-state index contributed by atoms with van der Waals surface area (Å²) < 4.78 is 0. The lowest BCUT2D eigenvalue weighted by Gasteiger charge is -2.43. The van der Waals surface area contributed by atoms with Crippen LogP contribution in [0.15, 0.2) is 30.3 Å². The third-order valence-electron chi connectivity index (χ3n) is 4.52. The molecule has 2 rings (SSSR count). The lowest BCUT2D eigenvalue weighted by Crippen LogP contribution is -2.50. The van der Waals surface area contributed by atoms with Gasteiger partial charge in [-0.1, -0.05) is 36.8 Å². The smallest absolute Gasteiger partial charge is 0.317 e. The summed E-state index contributed by atoms with van der Waals surface area (Å²) in [5.41, 5.74) is 1.41. The van der Waals surface area contributed by atoms with Gasteiger partial charge in [0.1, 0.15) is 0 Å². The van der Waals surface area contributed by atoms with Crippen molar-refractivity contribution in [2.45, 2.75) is 37.6 Å². The summed E-state index contributed by atoms with van der Waals surface area (Å²) in [6, 6.07) is 10.1. The molecule has 0 saturated heterocycles. The van der Waals surface area contributed by atoms with Crippen molar-refractivity contribution in [3.05, 3.63) is 35.9 Å². The minimum atomic E-state index is -0.163. The van der Waals surface area contributed by atoms with Crippen LogP contribution in [0.2, 0.25) is 0 Å². The Bertz CT molecular complexity index is 443. The van der Waals surface area contributed by atoms with Crippen LogP contribution >= 0.6 is 0 Å². The van der Waals surface area contributed by atoms with E-state index in [4.69, 9.17) is 5.11 Å². The quantitative estimate of drug-likeness (QED) is 0.865. The molecule has 0 radical (unpaired) electrons. The summed E-state index contributed by atoms with van der Waals surface area (Å²) >= 11 is 0. The van der Waals surface area contributed by atoms with Crippen LogP contribution in [0.4, 0.5) is 4.79 Å². The van der Waals surface area contributed by atoms with Crippen LogP contribution in [0, 0.1) is 0 Å². The van der Waals surface area contributed by atoms with Crippen LogP contribution in [0.25, 0.3) is 0 Å². The Morgan fingerprint density at radius 3 is 2.55 bits per heavy atom. The van der Waals surface area contributed by atoms with Gasteiger partial charge in [-0.3, -0.25) is 0 Å². The van der Waals surface area contributed by atoms with Crippen molar-refractivity contribution in [3.8, 4) is 0 Å². The average molecular weight is 276 g/mol. The summed E-state index contributed by atoms with van der Waals surface area (Å²) in [4.78, 5) is 13.6. The Morgan fingerprint density at radius 1 is 1.40 bits per heavy atom. The van der Waals surface area contributed by atoms with E-state index in [0.717, 1.165) is 12.8 Å².